The molecule has 0 spiro atoms. The zero-order valence-electron chi connectivity index (χ0n) is 12.5. The van der Waals surface area contributed by atoms with Gasteiger partial charge in [-0.25, -0.2) is 8.42 Å². The predicted molar refractivity (Wildman–Crippen MR) is 84.3 cm³/mol. The summed E-state index contributed by atoms with van der Waals surface area (Å²) in [6.45, 7) is 6.26. The van der Waals surface area contributed by atoms with E-state index in [4.69, 9.17) is 5.73 Å². The maximum atomic E-state index is 11.9. The molecule has 114 valence electrons. The van der Waals surface area contributed by atoms with Crippen LogP contribution in [0.4, 0.5) is 0 Å². The third-order valence-corrected chi connectivity index (χ3v) is 5.53. The Labute approximate surface area is 122 Å². The molecule has 2 N–H and O–H groups in total. The Bertz CT molecular complexity index is 472. The van der Waals surface area contributed by atoms with Crippen molar-refractivity contribution in [3.05, 3.63) is 35.9 Å². The van der Waals surface area contributed by atoms with E-state index in [1.54, 1.807) is 13.8 Å². The topological polar surface area (TPSA) is 63.4 Å². The molecule has 0 unspecified atom stereocenters. The average molecular weight is 298 g/mol. The van der Waals surface area contributed by atoms with Crippen LogP contribution in [0.1, 0.15) is 25.8 Å². The van der Waals surface area contributed by atoms with E-state index in [1.807, 2.05) is 18.2 Å². The van der Waals surface area contributed by atoms with Crippen LogP contribution in [0.25, 0.3) is 0 Å². The average Bonchev–Trinajstić information content (AvgIpc) is 2.43. The van der Waals surface area contributed by atoms with E-state index < -0.39 is 9.84 Å². The smallest absolute Gasteiger partial charge is 0.153 e. The summed E-state index contributed by atoms with van der Waals surface area (Å²) in [6.07, 6.45) is 0.883. The minimum atomic E-state index is -2.98. The summed E-state index contributed by atoms with van der Waals surface area (Å²) in [5.41, 5.74) is 6.76. The lowest BCUT2D eigenvalue weighted by molar-refractivity contribution is 0.278. The van der Waals surface area contributed by atoms with E-state index in [-0.39, 0.29) is 11.0 Å². The number of benzene rings is 1. The number of hydrogen-bond acceptors (Lipinski definition) is 4. The fourth-order valence-corrected chi connectivity index (χ4v) is 2.90. The molecular weight excluding hydrogens is 272 g/mol. The molecular formula is C15H26N2O2S. The molecule has 20 heavy (non-hydrogen) atoms. The van der Waals surface area contributed by atoms with E-state index in [9.17, 15) is 8.42 Å². The van der Waals surface area contributed by atoms with Crippen LogP contribution in [0.3, 0.4) is 0 Å². The van der Waals surface area contributed by atoms with Gasteiger partial charge in [0.1, 0.15) is 0 Å². The van der Waals surface area contributed by atoms with E-state index in [2.05, 4.69) is 17.0 Å². The molecule has 0 atom stereocenters. The molecule has 1 aromatic rings. The van der Waals surface area contributed by atoms with Crippen molar-refractivity contribution in [1.29, 1.82) is 0 Å². The van der Waals surface area contributed by atoms with Gasteiger partial charge in [0.15, 0.2) is 9.84 Å². The van der Waals surface area contributed by atoms with E-state index in [0.29, 0.717) is 13.1 Å². The highest BCUT2D eigenvalue weighted by Gasteiger charge is 2.17. The van der Waals surface area contributed by atoms with Gasteiger partial charge in [-0.3, -0.25) is 4.90 Å². The Morgan fingerprint density at radius 3 is 2.35 bits per heavy atom. The van der Waals surface area contributed by atoms with Crippen molar-refractivity contribution in [2.75, 3.05) is 25.4 Å². The maximum absolute atomic E-state index is 11.9. The summed E-state index contributed by atoms with van der Waals surface area (Å²) in [5.74, 6) is 0.210. The molecule has 0 amide bonds. The number of nitrogens with two attached hydrogens (primary N) is 1. The summed E-state index contributed by atoms with van der Waals surface area (Å²) >= 11 is 0. The minimum absolute atomic E-state index is 0.210. The third-order valence-electron chi connectivity index (χ3n) is 3.34. The van der Waals surface area contributed by atoms with Crippen LogP contribution in [0.5, 0.6) is 0 Å². The zero-order chi connectivity index (χ0) is 15.0. The highest BCUT2D eigenvalue weighted by Crippen LogP contribution is 2.07. The number of rotatable bonds is 9. The first-order valence-electron chi connectivity index (χ1n) is 7.13. The summed E-state index contributed by atoms with van der Waals surface area (Å²) in [4.78, 5) is 2.17. The Morgan fingerprint density at radius 2 is 1.80 bits per heavy atom. The van der Waals surface area contributed by atoms with Crippen molar-refractivity contribution < 1.29 is 8.42 Å². The highest BCUT2D eigenvalue weighted by molar-refractivity contribution is 7.92. The molecule has 0 radical (unpaired) electrons. The maximum Gasteiger partial charge on any atom is 0.153 e. The van der Waals surface area contributed by atoms with Crippen molar-refractivity contribution in [3.8, 4) is 0 Å². The van der Waals surface area contributed by atoms with E-state index >= 15 is 0 Å². The SMILES string of the molecule is CC(C)S(=O)(=O)CCN(CCCN)Cc1ccccc1. The van der Waals surface area contributed by atoms with Crippen LogP contribution in [0.15, 0.2) is 30.3 Å². The molecule has 0 aliphatic carbocycles. The van der Waals surface area contributed by atoms with Gasteiger partial charge in [0.2, 0.25) is 0 Å². The van der Waals surface area contributed by atoms with Crippen LogP contribution < -0.4 is 5.73 Å². The van der Waals surface area contributed by atoms with Gasteiger partial charge in [-0.2, -0.15) is 0 Å². The quantitative estimate of drug-likeness (QED) is 0.753. The van der Waals surface area contributed by atoms with Crippen LogP contribution >= 0.6 is 0 Å². The molecule has 1 rings (SSSR count). The van der Waals surface area contributed by atoms with Gasteiger partial charge in [0.25, 0.3) is 0 Å². The molecule has 0 aliphatic heterocycles. The fraction of sp³-hybridized carbons (Fsp3) is 0.600. The lowest BCUT2D eigenvalue weighted by Gasteiger charge is -2.22. The molecule has 5 heteroatoms. The number of sulfone groups is 1. The Hall–Kier alpha value is -0.910. The van der Waals surface area contributed by atoms with Crippen LogP contribution in [-0.4, -0.2) is 44.0 Å². The molecule has 0 heterocycles. The van der Waals surface area contributed by atoms with Crippen LogP contribution in [-0.2, 0) is 16.4 Å². The van der Waals surface area contributed by atoms with Gasteiger partial charge in [-0.15, -0.1) is 0 Å². The molecule has 4 nitrogen and oxygen atoms in total. The van der Waals surface area contributed by atoms with Crippen molar-refractivity contribution in [2.24, 2.45) is 5.73 Å². The van der Waals surface area contributed by atoms with Gasteiger partial charge < -0.3 is 5.73 Å². The first kappa shape index (κ1) is 17.1. The number of hydrogen-bond donors (Lipinski definition) is 1. The molecule has 0 fully saturated rings. The minimum Gasteiger partial charge on any atom is -0.330 e. The molecule has 0 saturated heterocycles. The largest absolute Gasteiger partial charge is 0.330 e. The first-order chi connectivity index (χ1) is 9.45. The second-order valence-electron chi connectivity index (χ2n) is 5.32. The van der Waals surface area contributed by atoms with Gasteiger partial charge in [0.05, 0.1) is 11.0 Å². The second kappa shape index (κ2) is 8.39. The normalized spacial score (nSPS) is 12.2. The number of nitrogens with zero attached hydrogens (tertiary/aromatic N) is 1. The summed E-state index contributed by atoms with van der Waals surface area (Å²) in [5, 5.41) is -0.310. The molecule has 0 bridgehead atoms. The predicted octanol–water partition coefficient (Wildman–Crippen LogP) is 1.66. The molecule has 1 aromatic carbocycles. The fourth-order valence-electron chi connectivity index (χ4n) is 1.92. The standard InChI is InChI=1S/C15H26N2O2S/c1-14(2)20(18,19)12-11-17(10-6-9-16)13-15-7-4-3-5-8-15/h3-5,7-8,14H,6,9-13,16H2,1-2H3. The summed E-state index contributed by atoms with van der Waals surface area (Å²) < 4.78 is 23.8. The van der Waals surface area contributed by atoms with Crippen molar-refractivity contribution in [3.63, 3.8) is 0 Å². The molecule has 0 aromatic heterocycles. The third kappa shape index (κ3) is 6.03. The summed E-state index contributed by atoms with van der Waals surface area (Å²) in [6, 6.07) is 10.1. The Morgan fingerprint density at radius 1 is 1.15 bits per heavy atom. The van der Waals surface area contributed by atoms with Gasteiger partial charge in [-0.1, -0.05) is 30.3 Å². The Balaban J connectivity index is 2.60. The molecule has 0 saturated carbocycles. The van der Waals surface area contributed by atoms with Crippen molar-refractivity contribution in [2.45, 2.75) is 32.1 Å². The lowest BCUT2D eigenvalue weighted by Crippen LogP contribution is -2.33. The van der Waals surface area contributed by atoms with Crippen molar-refractivity contribution >= 4 is 9.84 Å². The Kier molecular flexibility index (Phi) is 7.19. The van der Waals surface area contributed by atoms with Gasteiger partial charge >= 0.3 is 0 Å². The first-order valence-corrected chi connectivity index (χ1v) is 8.85. The summed E-state index contributed by atoms with van der Waals surface area (Å²) in [7, 11) is -2.98. The molecule has 0 aliphatic rings. The monoisotopic (exact) mass is 298 g/mol. The lowest BCUT2D eigenvalue weighted by atomic mass is 10.2. The van der Waals surface area contributed by atoms with Crippen LogP contribution in [0.2, 0.25) is 0 Å². The van der Waals surface area contributed by atoms with Gasteiger partial charge in [0, 0.05) is 13.1 Å². The van der Waals surface area contributed by atoms with Crippen LogP contribution in [0, 0.1) is 0 Å². The highest BCUT2D eigenvalue weighted by atomic mass is 32.2. The van der Waals surface area contributed by atoms with Crippen molar-refractivity contribution in [1.82, 2.24) is 4.90 Å². The zero-order valence-corrected chi connectivity index (χ0v) is 13.3. The second-order valence-corrected chi connectivity index (χ2v) is 8.00. The van der Waals surface area contributed by atoms with Gasteiger partial charge in [-0.05, 0) is 38.9 Å². The van der Waals surface area contributed by atoms with E-state index in [0.717, 1.165) is 19.5 Å². The van der Waals surface area contributed by atoms with E-state index in [1.165, 1.54) is 5.56 Å².